The van der Waals surface area contributed by atoms with E-state index in [1.165, 1.54) is 127 Å². The Labute approximate surface area is 456 Å². The zero-order valence-corrected chi connectivity index (χ0v) is 46.2. The van der Waals surface area contributed by atoms with Crippen LogP contribution in [-0.2, 0) is 10.8 Å². The highest BCUT2D eigenvalue weighted by Gasteiger charge is 2.63. The van der Waals surface area contributed by atoms with Crippen LogP contribution in [0.15, 0.2) is 142 Å². The van der Waals surface area contributed by atoms with E-state index in [2.05, 4.69) is 194 Å². The first kappa shape index (κ1) is 47.6. The third-order valence-corrected chi connectivity index (χ3v) is 20.3. The maximum absolute atomic E-state index is 4.81. The second-order valence-corrected chi connectivity index (χ2v) is 25.4. The van der Waals surface area contributed by atoms with Gasteiger partial charge in [-0.3, -0.25) is 0 Å². The van der Waals surface area contributed by atoms with Crippen molar-refractivity contribution in [3.8, 4) is 22.3 Å². The Balaban J connectivity index is 0.000000134. The highest BCUT2D eigenvalue weighted by molar-refractivity contribution is 9.93. The lowest BCUT2D eigenvalue weighted by Crippen LogP contribution is -2.55. The summed E-state index contributed by atoms with van der Waals surface area (Å²) < 4.78 is 1.77. The Hall–Kier alpha value is -2.41. The summed E-state index contributed by atoms with van der Waals surface area (Å²) in [7, 11) is 0. The SMILES string of the molecule is BrBr.Brc1cc2c(c3ccccc13)-c1c(cc(Br)c3ccccc13)C21C2CC3CC(C2)CC1C3.C.ClC(Cl)Cl.[2HH].c1ccc2c3c(ccc2c1)C1(c2ccc4ccccc4c2-3)C2CC3CC(C2)CC1C3. The molecule has 18 rings (SSSR count). The van der Waals surface area contributed by atoms with E-state index < -0.39 is 4.30 Å². The largest absolute Gasteiger partial charge is 0.180 e. The van der Waals surface area contributed by atoms with Gasteiger partial charge in [0.2, 0.25) is 0 Å². The molecular formula is C62H57Br4Cl3. The molecule has 8 aromatic carbocycles. The molecule has 8 aromatic rings. The topological polar surface area (TPSA) is 0 Å². The van der Waals surface area contributed by atoms with Crippen LogP contribution in [0.5, 0.6) is 0 Å². The number of hydrogen-bond acceptors (Lipinski definition) is 0. The molecule has 0 saturated heterocycles. The van der Waals surface area contributed by atoms with Crippen LogP contribution in [0.1, 0.15) is 95.3 Å². The normalized spacial score (nSPS) is 26.7. The van der Waals surface area contributed by atoms with Crippen molar-refractivity contribution in [3.05, 3.63) is 165 Å². The Morgan fingerprint density at radius 3 is 1.00 bits per heavy atom. The van der Waals surface area contributed by atoms with Crippen molar-refractivity contribution < 1.29 is 1.43 Å². The van der Waals surface area contributed by atoms with Gasteiger partial charge in [-0.05, 0) is 211 Å². The molecule has 0 aromatic heterocycles. The molecule has 0 aliphatic heterocycles. The Kier molecular flexibility index (Phi) is 12.6. The monoisotopic (exact) mass is 1220 g/mol. The molecule has 10 aliphatic carbocycles. The van der Waals surface area contributed by atoms with E-state index in [-0.39, 0.29) is 19.7 Å². The lowest BCUT2D eigenvalue weighted by Gasteiger charge is -2.61. The molecule has 0 amide bonds. The van der Waals surface area contributed by atoms with Crippen molar-refractivity contribution >= 4 is 138 Å². The van der Waals surface area contributed by atoms with Crippen LogP contribution in [0.4, 0.5) is 0 Å². The summed E-state index contributed by atoms with van der Waals surface area (Å²) in [5.74, 6) is 7.12. The predicted molar refractivity (Wildman–Crippen MR) is 313 cm³/mol. The van der Waals surface area contributed by atoms with Crippen molar-refractivity contribution in [1.82, 2.24) is 0 Å². The molecule has 69 heavy (non-hydrogen) atoms. The van der Waals surface area contributed by atoms with E-state index in [0.717, 1.165) is 47.3 Å². The molecule has 8 fully saturated rings. The van der Waals surface area contributed by atoms with E-state index >= 15 is 0 Å². The molecule has 0 atom stereocenters. The second kappa shape index (κ2) is 18.2. The second-order valence-electron chi connectivity index (χ2n) is 21.7. The van der Waals surface area contributed by atoms with Crippen molar-refractivity contribution in [2.75, 3.05) is 0 Å². The summed E-state index contributed by atoms with van der Waals surface area (Å²) in [6.45, 7) is 0. The number of halogens is 7. The van der Waals surface area contributed by atoms with Crippen molar-refractivity contribution in [2.45, 2.75) is 86.8 Å². The number of benzene rings is 8. The molecule has 0 N–H and O–H groups in total. The van der Waals surface area contributed by atoms with Gasteiger partial charge in [0.15, 0.2) is 4.30 Å². The zero-order chi connectivity index (χ0) is 46.2. The standard InChI is InChI=1S/C30H24Br2.C30H26.CHCl3.CH4.Br2.H2/c31-26-14-24-28(22-7-3-1-5-20(22)26)29-23-8-4-2-6-21(23)27(32)15-25(29)30(24)18-10-16-9-17(12-18)13-19(30)11-16;1-3-7-24-20(5-1)9-11-26-28(24)29-25-8-4-2-6-21(25)10-12-27(29)30(26)22-14-18-13-19(16-22)17-23(30)15-18;2-1(3)4;;1-2;/h1-8,14-19H,9-13H2;1-12,18-19,22-23H,13-17H2;1H;1H4;;1H/i;;;;;1+1. The first-order valence-corrected chi connectivity index (χ1v) is 31.4. The van der Waals surface area contributed by atoms with E-state index in [1.807, 2.05) is 0 Å². The Morgan fingerprint density at radius 2 is 0.652 bits per heavy atom. The molecule has 0 heterocycles. The Bertz CT molecular complexity index is 3110. The molecule has 354 valence electrons. The lowest BCUT2D eigenvalue weighted by atomic mass is 9.43. The third kappa shape index (κ3) is 6.93. The van der Waals surface area contributed by atoms with Crippen LogP contribution < -0.4 is 0 Å². The van der Waals surface area contributed by atoms with Crippen LogP contribution >= 0.6 is 94.9 Å². The van der Waals surface area contributed by atoms with E-state index in [4.69, 9.17) is 34.8 Å². The zero-order valence-electron chi connectivity index (χ0n) is 37.6. The van der Waals surface area contributed by atoms with E-state index in [9.17, 15) is 0 Å². The first-order chi connectivity index (χ1) is 33.2. The van der Waals surface area contributed by atoms with Gasteiger partial charge in [-0.1, -0.05) is 195 Å². The minimum atomic E-state index is -0.750. The van der Waals surface area contributed by atoms with Crippen LogP contribution in [-0.4, -0.2) is 4.30 Å². The minimum Gasteiger partial charge on any atom is -0.0874 e. The summed E-state index contributed by atoms with van der Waals surface area (Å²) in [5, 5.41) is 11.2. The van der Waals surface area contributed by atoms with Crippen LogP contribution in [0.3, 0.4) is 0 Å². The summed E-state index contributed by atoms with van der Waals surface area (Å²) in [6, 6.07) is 51.2. The van der Waals surface area contributed by atoms with E-state index in [0.29, 0.717) is 0 Å². The molecule has 0 unspecified atom stereocenters. The van der Waals surface area contributed by atoms with Gasteiger partial charge < -0.3 is 0 Å². The summed E-state index contributed by atoms with van der Waals surface area (Å²) in [4.78, 5) is 0. The van der Waals surface area contributed by atoms with Crippen LogP contribution in [0.2, 0.25) is 0 Å². The first-order valence-electron chi connectivity index (χ1n) is 24.8. The van der Waals surface area contributed by atoms with Gasteiger partial charge in [0, 0.05) is 49.5 Å². The fourth-order valence-electron chi connectivity index (χ4n) is 17.5. The molecule has 7 heteroatoms. The third-order valence-electron chi connectivity index (χ3n) is 19.0. The average molecular weight is 1230 g/mol. The van der Waals surface area contributed by atoms with Crippen molar-refractivity contribution in [3.63, 3.8) is 0 Å². The molecular weight excluding hydrogens is 1170 g/mol. The number of hydrogen-bond donors (Lipinski definition) is 0. The molecule has 10 aliphatic rings. The fraction of sp³-hybridized carbons (Fsp3) is 0.355. The van der Waals surface area contributed by atoms with Crippen molar-refractivity contribution in [1.29, 1.82) is 0 Å². The quantitative estimate of drug-likeness (QED) is 0.133. The van der Waals surface area contributed by atoms with Gasteiger partial charge in [-0.25, -0.2) is 0 Å². The smallest absolute Gasteiger partial charge is 0.0874 e. The van der Waals surface area contributed by atoms with Gasteiger partial charge >= 0.3 is 0 Å². The number of rotatable bonds is 0. The van der Waals surface area contributed by atoms with Gasteiger partial charge in [-0.2, -0.15) is 0 Å². The predicted octanol–water partition coefficient (Wildman–Crippen LogP) is 21.5. The maximum Gasteiger partial charge on any atom is 0.180 e. The van der Waals surface area contributed by atoms with E-state index in [1.54, 1.807) is 33.4 Å². The summed E-state index contributed by atoms with van der Waals surface area (Å²) in [5.41, 5.74) is 13.2. The van der Waals surface area contributed by atoms with Gasteiger partial charge in [0.05, 0.1) is 0 Å². The maximum atomic E-state index is 4.81. The highest BCUT2D eigenvalue weighted by atomic mass is 80.9. The molecule has 0 nitrogen and oxygen atoms in total. The average Bonchev–Trinajstić information content (AvgIpc) is 3.81. The van der Waals surface area contributed by atoms with Crippen molar-refractivity contribution in [2.24, 2.45) is 47.3 Å². The Morgan fingerprint density at radius 1 is 0.377 bits per heavy atom. The molecule has 0 radical (unpaired) electrons. The van der Waals surface area contributed by atoms with Gasteiger partial charge in [0.25, 0.3) is 0 Å². The number of fused-ring (bicyclic) bond motifs is 14. The molecule has 8 bridgehead atoms. The van der Waals surface area contributed by atoms with Gasteiger partial charge in [0.1, 0.15) is 0 Å². The molecule has 8 saturated carbocycles. The lowest BCUT2D eigenvalue weighted by molar-refractivity contribution is -0.0399. The minimum absolute atomic E-state index is 0. The van der Waals surface area contributed by atoms with Gasteiger partial charge in [-0.15, -0.1) is 0 Å². The summed E-state index contributed by atoms with van der Waals surface area (Å²) in [6.07, 6.45) is 14.5. The van der Waals surface area contributed by atoms with Crippen LogP contribution in [0, 0.1) is 47.3 Å². The highest BCUT2D eigenvalue weighted by Crippen LogP contribution is 2.72. The molecule has 2 spiro atoms. The van der Waals surface area contributed by atoms with Crippen LogP contribution in [0.25, 0.3) is 65.3 Å². The summed E-state index contributed by atoms with van der Waals surface area (Å²) >= 11 is 27.9. The number of alkyl halides is 3. The fourth-order valence-corrected chi connectivity index (χ4v) is 18.7.